The fraction of sp³-hybridized carbons (Fsp3) is 0.471. The molecule has 0 aliphatic rings. The average molecular weight is 472 g/mol. The molecular weight excluding hydrogens is 454 g/mol. The van der Waals surface area contributed by atoms with Gasteiger partial charge in [-0.15, -0.1) is 13.2 Å². The second kappa shape index (κ2) is 8.86. The summed E-state index contributed by atoms with van der Waals surface area (Å²) in [5.74, 6) is -1.87. The summed E-state index contributed by atoms with van der Waals surface area (Å²) in [7, 11) is 1.24. The van der Waals surface area contributed by atoms with Gasteiger partial charge in [-0.25, -0.2) is 4.98 Å². The zero-order chi connectivity index (χ0) is 23.6. The molecule has 0 aliphatic carbocycles. The molecule has 0 bridgehead atoms. The number of nitrogens with one attached hydrogen (secondary N) is 2. The summed E-state index contributed by atoms with van der Waals surface area (Å²) < 4.78 is 79.5. The number of rotatable bonds is 7. The largest absolute Gasteiger partial charge is 0.573 e. The lowest BCUT2D eigenvalue weighted by Gasteiger charge is -2.29. The molecular formula is C17H18F6N4O3S. The Morgan fingerprint density at radius 2 is 1.81 bits per heavy atom. The number of thiazole rings is 1. The second-order valence-corrected chi connectivity index (χ2v) is 8.00. The lowest BCUT2D eigenvalue weighted by molar-refractivity contribution is -0.274. The molecule has 0 saturated carbocycles. The number of ether oxygens (including phenoxy) is 1. The van der Waals surface area contributed by atoms with Gasteiger partial charge in [0, 0.05) is 13.1 Å². The number of fused-ring (bicyclic) bond motifs is 1. The minimum atomic E-state index is -4.85. The maximum Gasteiger partial charge on any atom is 0.573 e. The molecule has 2 amide bonds. The summed E-state index contributed by atoms with van der Waals surface area (Å²) in [6, 6.07) is 3.47. The van der Waals surface area contributed by atoms with Gasteiger partial charge in [0.2, 0.25) is 11.8 Å². The molecule has 0 atom stereocenters. The number of aromatic nitrogens is 1. The molecule has 14 heteroatoms. The topological polar surface area (TPSA) is 83.6 Å². The summed E-state index contributed by atoms with van der Waals surface area (Å²) >= 11 is 0.886. The Morgan fingerprint density at radius 1 is 1.16 bits per heavy atom. The molecule has 0 fully saturated rings. The first-order valence-electron chi connectivity index (χ1n) is 8.59. The quantitative estimate of drug-likeness (QED) is 0.603. The van der Waals surface area contributed by atoms with Crippen molar-refractivity contribution in [3.8, 4) is 5.75 Å². The second-order valence-electron chi connectivity index (χ2n) is 6.97. The van der Waals surface area contributed by atoms with Gasteiger partial charge in [-0.05, 0) is 26.0 Å². The predicted octanol–water partition coefficient (Wildman–Crippen LogP) is 3.52. The van der Waals surface area contributed by atoms with Crippen LogP contribution in [0.15, 0.2) is 18.2 Å². The maximum absolute atomic E-state index is 12.8. The molecule has 1 aromatic carbocycles. The standard InChI is InChI=1S/C17H18F6N4O3S/c1-15(2,16(18,19)20)24-7-13(29)27(3)8-12(28)26-14-25-10-5-4-9(6-11(10)31-14)30-17(21,22)23/h4-6,24H,7-8H2,1-3H3,(H,25,26,28). The van der Waals surface area contributed by atoms with Crippen molar-refractivity contribution in [2.24, 2.45) is 0 Å². The summed E-state index contributed by atoms with van der Waals surface area (Å²) in [5, 5.41) is 4.55. The Balaban J connectivity index is 1.94. The highest BCUT2D eigenvalue weighted by Gasteiger charge is 2.47. The van der Waals surface area contributed by atoms with Crippen LogP contribution in [0, 0.1) is 0 Å². The number of benzene rings is 1. The first-order valence-corrected chi connectivity index (χ1v) is 9.41. The van der Waals surface area contributed by atoms with Gasteiger partial charge in [0.05, 0.1) is 23.3 Å². The SMILES string of the molecule is CN(CC(=O)Nc1nc2ccc(OC(F)(F)F)cc2s1)C(=O)CNC(C)(C)C(F)(F)F. The Morgan fingerprint density at radius 3 is 2.39 bits per heavy atom. The summed E-state index contributed by atoms with van der Waals surface area (Å²) in [4.78, 5) is 29.1. The fourth-order valence-electron chi connectivity index (χ4n) is 2.15. The van der Waals surface area contributed by atoms with Crippen LogP contribution in [0.4, 0.5) is 31.5 Å². The number of carbonyl (C=O) groups is 2. The summed E-state index contributed by atoms with van der Waals surface area (Å²) in [5.41, 5.74) is -1.97. The van der Waals surface area contributed by atoms with Crippen LogP contribution in [0.3, 0.4) is 0 Å². The number of halogens is 6. The van der Waals surface area contributed by atoms with E-state index in [1.165, 1.54) is 13.1 Å². The molecule has 2 rings (SSSR count). The smallest absolute Gasteiger partial charge is 0.406 e. The maximum atomic E-state index is 12.8. The molecule has 2 aromatic rings. The van der Waals surface area contributed by atoms with Crippen LogP contribution in [-0.4, -0.2) is 59.9 Å². The van der Waals surface area contributed by atoms with Crippen molar-refractivity contribution >= 4 is 38.5 Å². The van der Waals surface area contributed by atoms with Gasteiger partial charge in [-0.3, -0.25) is 14.9 Å². The molecule has 172 valence electrons. The minimum Gasteiger partial charge on any atom is -0.406 e. The highest BCUT2D eigenvalue weighted by molar-refractivity contribution is 7.22. The summed E-state index contributed by atoms with van der Waals surface area (Å²) in [6.07, 6.45) is -9.42. The Kier molecular flexibility index (Phi) is 7.05. The molecule has 2 N–H and O–H groups in total. The zero-order valence-electron chi connectivity index (χ0n) is 16.4. The average Bonchev–Trinajstić information content (AvgIpc) is 2.98. The van der Waals surface area contributed by atoms with Gasteiger partial charge in [0.15, 0.2) is 5.13 Å². The number of anilines is 1. The van der Waals surface area contributed by atoms with E-state index in [4.69, 9.17) is 0 Å². The van der Waals surface area contributed by atoms with Gasteiger partial charge in [-0.2, -0.15) is 13.2 Å². The van der Waals surface area contributed by atoms with Crippen LogP contribution in [0.1, 0.15) is 13.8 Å². The Bertz CT molecular complexity index is 957. The first-order chi connectivity index (χ1) is 14.1. The summed E-state index contributed by atoms with van der Waals surface area (Å²) in [6.45, 7) is 0.654. The van der Waals surface area contributed by atoms with E-state index in [2.05, 4.69) is 20.4 Å². The van der Waals surface area contributed by atoms with Crippen molar-refractivity contribution < 1.29 is 40.7 Å². The molecule has 0 saturated heterocycles. The van der Waals surface area contributed by atoms with E-state index in [0.717, 1.165) is 42.2 Å². The minimum absolute atomic E-state index is 0.0707. The van der Waals surface area contributed by atoms with Crippen molar-refractivity contribution in [1.29, 1.82) is 0 Å². The number of nitrogens with zero attached hydrogens (tertiary/aromatic N) is 2. The van der Waals surface area contributed by atoms with Gasteiger partial charge >= 0.3 is 12.5 Å². The van der Waals surface area contributed by atoms with Gasteiger partial charge in [-0.1, -0.05) is 11.3 Å². The molecule has 7 nitrogen and oxygen atoms in total. The van der Waals surface area contributed by atoms with Crippen molar-refractivity contribution in [2.75, 3.05) is 25.5 Å². The number of hydrogen-bond acceptors (Lipinski definition) is 6. The van der Waals surface area contributed by atoms with E-state index in [9.17, 15) is 35.9 Å². The monoisotopic (exact) mass is 472 g/mol. The first kappa shape index (κ1) is 24.7. The Labute approximate surface area is 176 Å². The van der Waals surface area contributed by atoms with Crippen LogP contribution in [0.25, 0.3) is 10.2 Å². The van der Waals surface area contributed by atoms with Crippen molar-refractivity contribution in [3.63, 3.8) is 0 Å². The third-order valence-electron chi connectivity index (χ3n) is 4.04. The van der Waals surface area contributed by atoms with E-state index in [1.54, 1.807) is 0 Å². The van der Waals surface area contributed by atoms with E-state index >= 15 is 0 Å². The van der Waals surface area contributed by atoms with Crippen LogP contribution in [0.2, 0.25) is 0 Å². The van der Waals surface area contributed by atoms with Crippen LogP contribution < -0.4 is 15.4 Å². The lowest BCUT2D eigenvalue weighted by Crippen LogP contribution is -2.55. The molecule has 0 aliphatic heterocycles. The van der Waals surface area contributed by atoms with E-state index < -0.39 is 48.7 Å². The van der Waals surface area contributed by atoms with Crippen molar-refractivity contribution in [2.45, 2.75) is 31.9 Å². The third-order valence-corrected chi connectivity index (χ3v) is 4.97. The van der Waals surface area contributed by atoms with E-state index in [0.29, 0.717) is 10.2 Å². The molecule has 0 radical (unpaired) electrons. The molecule has 31 heavy (non-hydrogen) atoms. The number of alkyl halides is 6. The predicted molar refractivity (Wildman–Crippen MR) is 101 cm³/mol. The molecule has 1 aromatic heterocycles. The number of likely N-dealkylation sites (N-methyl/N-ethyl adjacent to an activating group) is 1. The van der Waals surface area contributed by atoms with Crippen LogP contribution in [-0.2, 0) is 9.59 Å². The molecule has 0 spiro atoms. The Hall–Kier alpha value is -2.61. The zero-order valence-corrected chi connectivity index (χ0v) is 17.3. The van der Waals surface area contributed by atoms with Crippen LogP contribution in [0.5, 0.6) is 5.75 Å². The molecule has 0 unspecified atom stereocenters. The van der Waals surface area contributed by atoms with Gasteiger partial charge in [0.25, 0.3) is 0 Å². The fourth-order valence-corrected chi connectivity index (χ4v) is 3.06. The molecule has 1 heterocycles. The normalized spacial score (nSPS) is 12.7. The lowest BCUT2D eigenvalue weighted by atomic mass is 10.1. The number of carbonyl (C=O) groups excluding carboxylic acids is 2. The van der Waals surface area contributed by atoms with E-state index in [1.807, 2.05) is 0 Å². The third kappa shape index (κ3) is 6.95. The van der Waals surface area contributed by atoms with Crippen LogP contribution >= 0.6 is 11.3 Å². The van der Waals surface area contributed by atoms with Gasteiger partial charge in [0.1, 0.15) is 11.3 Å². The highest BCUT2D eigenvalue weighted by atomic mass is 32.1. The van der Waals surface area contributed by atoms with Gasteiger partial charge < -0.3 is 15.0 Å². The van der Waals surface area contributed by atoms with E-state index in [-0.39, 0.29) is 5.13 Å². The van der Waals surface area contributed by atoms with Crippen molar-refractivity contribution in [1.82, 2.24) is 15.2 Å². The van der Waals surface area contributed by atoms with Crippen molar-refractivity contribution in [3.05, 3.63) is 18.2 Å². The highest BCUT2D eigenvalue weighted by Crippen LogP contribution is 2.32. The number of hydrogen-bond donors (Lipinski definition) is 2. The number of amides is 2.